The van der Waals surface area contributed by atoms with Crippen LogP contribution in [0.5, 0.6) is 11.5 Å². The van der Waals surface area contributed by atoms with Gasteiger partial charge in [0.2, 0.25) is 0 Å². The Labute approximate surface area is 186 Å². The predicted molar refractivity (Wildman–Crippen MR) is 126 cm³/mol. The molecular weight excluding hydrogens is 386 g/mol. The van der Waals surface area contributed by atoms with E-state index in [-0.39, 0.29) is 12.0 Å². The Bertz CT molecular complexity index is 855. The van der Waals surface area contributed by atoms with Crippen LogP contribution in [0.3, 0.4) is 0 Å². The molecule has 1 spiro atoms. The van der Waals surface area contributed by atoms with Gasteiger partial charge in [-0.25, -0.2) is 5.43 Å². The maximum absolute atomic E-state index is 6.48. The number of nitrogens with one attached hydrogen (secondary N) is 1. The summed E-state index contributed by atoms with van der Waals surface area (Å²) in [5.41, 5.74) is 11.7. The monoisotopic (exact) mass is 421 g/mol. The summed E-state index contributed by atoms with van der Waals surface area (Å²) in [5.74, 6) is 1.88. The van der Waals surface area contributed by atoms with Crippen LogP contribution in [-0.2, 0) is 0 Å². The molecule has 6 nitrogen and oxygen atoms in total. The number of hydrogen-bond acceptors (Lipinski definition) is 5. The van der Waals surface area contributed by atoms with Crippen molar-refractivity contribution in [3.63, 3.8) is 0 Å². The summed E-state index contributed by atoms with van der Waals surface area (Å²) >= 11 is 0. The zero-order chi connectivity index (χ0) is 21.8. The van der Waals surface area contributed by atoms with E-state index in [1.54, 1.807) is 0 Å². The number of nitrogens with two attached hydrogens (primary N) is 1. The van der Waals surface area contributed by atoms with Crippen molar-refractivity contribution in [1.82, 2.24) is 15.3 Å². The molecule has 1 saturated heterocycles. The van der Waals surface area contributed by atoms with E-state index in [1.165, 1.54) is 25.9 Å². The molecule has 31 heavy (non-hydrogen) atoms. The van der Waals surface area contributed by atoms with Gasteiger partial charge in [-0.05, 0) is 61.1 Å². The molecule has 0 amide bonds. The fourth-order valence-corrected chi connectivity index (χ4v) is 4.92. The van der Waals surface area contributed by atoms with Crippen molar-refractivity contribution >= 4 is 6.34 Å². The molecule has 1 heterocycles. The first kappa shape index (κ1) is 21.8. The summed E-state index contributed by atoms with van der Waals surface area (Å²) in [5, 5.41) is 1.99. The lowest BCUT2D eigenvalue weighted by Gasteiger charge is -2.58. The number of rotatable bonds is 9. The van der Waals surface area contributed by atoms with Gasteiger partial charge in [0.05, 0.1) is 6.34 Å². The number of ether oxygens (including phenoxy) is 1. The molecule has 1 aliphatic heterocycles. The standard InChI is InChI=1S/C25H35N5O/c1-19(15-27-18-30(3)28-21-13-25(14-21)16-29(2)17-25)24(26)20-9-11-23(12-10-20)31-22-7-5-4-6-8-22/h4-12,18-19,21,24,28H,13-17,26H2,1-3H3/b27-18-. The van der Waals surface area contributed by atoms with Crippen LogP contribution < -0.4 is 15.9 Å². The van der Waals surface area contributed by atoms with Crippen LogP contribution in [-0.4, -0.2) is 56.0 Å². The van der Waals surface area contributed by atoms with Gasteiger partial charge >= 0.3 is 0 Å². The molecule has 2 unspecified atom stereocenters. The predicted octanol–water partition coefficient (Wildman–Crippen LogP) is 3.67. The van der Waals surface area contributed by atoms with Crippen molar-refractivity contribution in [2.75, 3.05) is 33.7 Å². The van der Waals surface area contributed by atoms with Gasteiger partial charge in [-0.2, -0.15) is 0 Å². The number of benzene rings is 2. The third kappa shape index (κ3) is 5.45. The van der Waals surface area contributed by atoms with Gasteiger partial charge in [0.25, 0.3) is 0 Å². The molecule has 4 rings (SSSR count). The first-order chi connectivity index (χ1) is 14.9. The molecule has 0 radical (unpaired) electrons. The molecule has 0 bridgehead atoms. The van der Waals surface area contributed by atoms with Gasteiger partial charge in [-0.15, -0.1) is 0 Å². The van der Waals surface area contributed by atoms with E-state index in [9.17, 15) is 0 Å². The van der Waals surface area contributed by atoms with E-state index < -0.39 is 0 Å². The van der Waals surface area contributed by atoms with Crippen LogP contribution in [0.25, 0.3) is 0 Å². The summed E-state index contributed by atoms with van der Waals surface area (Å²) < 4.78 is 5.86. The van der Waals surface area contributed by atoms with Crippen molar-refractivity contribution in [2.45, 2.75) is 31.8 Å². The highest BCUT2D eigenvalue weighted by atomic mass is 16.5. The second kappa shape index (κ2) is 9.39. The van der Waals surface area contributed by atoms with E-state index in [4.69, 9.17) is 10.5 Å². The van der Waals surface area contributed by atoms with Crippen LogP contribution in [0.15, 0.2) is 59.6 Å². The smallest absolute Gasteiger partial charge is 0.127 e. The van der Waals surface area contributed by atoms with Gasteiger partial charge in [0, 0.05) is 38.8 Å². The van der Waals surface area contributed by atoms with Crippen LogP contribution >= 0.6 is 0 Å². The van der Waals surface area contributed by atoms with Crippen molar-refractivity contribution < 1.29 is 4.74 Å². The SMILES string of the molecule is CC(C/N=C\N(C)NC1CC2(C1)CN(C)C2)C(N)c1ccc(Oc2ccccc2)cc1. The number of hydrogen-bond donors (Lipinski definition) is 2. The lowest BCUT2D eigenvalue weighted by atomic mass is 9.61. The van der Waals surface area contributed by atoms with E-state index in [1.807, 2.05) is 73.0 Å². The summed E-state index contributed by atoms with van der Waals surface area (Å²) in [6.45, 7) is 5.33. The van der Waals surface area contributed by atoms with Gasteiger partial charge < -0.3 is 20.4 Å². The fraction of sp³-hybridized carbons (Fsp3) is 0.480. The highest BCUT2D eigenvalue weighted by molar-refractivity contribution is 5.53. The van der Waals surface area contributed by atoms with Crippen molar-refractivity contribution in [2.24, 2.45) is 22.1 Å². The van der Waals surface area contributed by atoms with E-state index in [0.29, 0.717) is 18.0 Å². The molecule has 6 heteroatoms. The zero-order valence-electron chi connectivity index (χ0n) is 18.9. The lowest BCUT2D eigenvalue weighted by molar-refractivity contribution is -0.0737. The topological polar surface area (TPSA) is 66.1 Å². The Morgan fingerprint density at radius 3 is 2.45 bits per heavy atom. The molecule has 1 saturated carbocycles. The van der Waals surface area contributed by atoms with E-state index in [0.717, 1.165) is 17.1 Å². The van der Waals surface area contributed by atoms with Crippen LogP contribution in [0, 0.1) is 11.3 Å². The van der Waals surface area contributed by atoms with Gasteiger partial charge in [-0.1, -0.05) is 37.3 Å². The molecule has 2 fully saturated rings. The normalized spacial score (nSPS) is 20.3. The highest BCUT2D eigenvalue weighted by Crippen LogP contribution is 2.47. The fourth-order valence-electron chi connectivity index (χ4n) is 4.92. The van der Waals surface area contributed by atoms with Crippen molar-refractivity contribution in [3.8, 4) is 11.5 Å². The third-order valence-corrected chi connectivity index (χ3v) is 6.46. The van der Waals surface area contributed by atoms with Gasteiger partial charge in [-0.3, -0.25) is 4.99 Å². The molecule has 2 aromatic rings. The minimum absolute atomic E-state index is 0.0664. The molecule has 2 aromatic carbocycles. The molecule has 2 aliphatic rings. The Morgan fingerprint density at radius 1 is 1.16 bits per heavy atom. The average Bonchev–Trinajstić information content (AvgIpc) is 2.72. The lowest BCUT2D eigenvalue weighted by Crippen LogP contribution is -2.66. The van der Waals surface area contributed by atoms with Crippen LogP contribution in [0.4, 0.5) is 0 Å². The number of likely N-dealkylation sites (tertiary alicyclic amines) is 1. The summed E-state index contributed by atoms with van der Waals surface area (Å²) in [6.07, 6.45) is 4.42. The molecule has 166 valence electrons. The minimum Gasteiger partial charge on any atom is -0.457 e. The summed E-state index contributed by atoms with van der Waals surface area (Å²) in [4.78, 5) is 7.01. The van der Waals surface area contributed by atoms with Crippen LogP contribution in [0.2, 0.25) is 0 Å². The molecule has 2 atom stereocenters. The third-order valence-electron chi connectivity index (χ3n) is 6.46. The Hall–Kier alpha value is -2.41. The quantitative estimate of drug-likeness (QED) is 0.367. The first-order valence-electron chi connectivity index (χ1n) is 11.2. The summed E-state index contributed by atoms with van der Waals surface area (Å²) in [7, 11) is 4.22. The van der Waals surface area contributed by atoms with E-state index in [2.05, 4.69) is 29.3 Å². The maximum Gasteiger partial charge on any atom is 0.127 e. The first-order valence-corrected chi connectivity index (χ1v) is 11.2. The maximum atomic E-state index is 6.48. The molecule has 1 aliphatic carbocycles. The number of hydrazine groups is 1. The van der Waals surface area contributed by atoms with Crippen LogP contribution in [0.1, 0.15) is 31.4 Å². The van der Waals surface area contributed by atoms with Crippen molar-refractivity contribution in [1.29, 1.82) is 0 Å². The summed E-state index contributed by atoms with van der Waals surface area (Å²) in [6, 6.07) is 18.3. The number of aliphatic imine (C=N–C) groups is 1. The second-order valence-electron chi connectivity index (χ2n) is 9.49. The number of nitrogens with zero attached hydrogens (tertiary/aromatic N) is 3. The second-order valence-corrected chi connectivity index (χ2v) is 9.49. The molecule has 3 N–H and O–H groups in total. The van der Waals surface area contributed by atoms with Gasteiger partial charge in [0.1, 0.15) is 11.5 Å². The largest absolute Gasteiger partial charge is 0.457 e. The van der Waals surface area contributed by atoms with Gasteiger partial charge in [0.15, 0.2) is 0 Å². The van der Waals surface area contributed by atoms with E-state index >= 15 is 0 Å². The Balaban J connectivity index is 1.19. The van der Waals surface area contributed by atoms with Crippen molar-refractivity contribution in [3.05, 3.63) is 60.2 Å². The molecule has 0 aromatic heterocycles. The Kier molecular flexibility index (Phi) is 6.60. The minimum atomic E-state index is -0.0664. The highest BCUT2D eigenvalue weighted by Gasteiger charge is 2.51. The zero-order valence-corrected chi connectivity index (χ0v) is 18.9. The Morgan fingerprint density at radius 2 is 1.81 bits per heavy atom. The average molecular weight is 422 g/mol. The number of para-hydroxylation sites is 1. The molecular formula is C25H35N5O.